The second kappa shape index (κ2) is 5.94. The molecule has 0 fully saturated rings. The van der Waals surface area contributed by atoms with Gasteiger partial charge in [0.25, 0.3) is 11.7 Å². The number of carbonyl (C=O) groups is 2. The molecule has 1 aromatic heterocycles. The maximum atomic E-state index is 11.2. The van der Waals surface area contributed by atoms with Crippen molar-refractivity contribution < 1.29 is 24.9 Å². The van der Waals surface area contributed by atoms with E-state index >= 15 is 0 Å². The molecule has 9 nitrogen and oxygen atoms in total. The molecule has 1 atom stereocenters. The fourth-order valence-electron chi connectivity index (χ4n) is 0.929. The molecule has 1 heterocycles. The van der Waals surface area contributed by atoms with Crippen molar-refractivity contribution in [2.24, 2.45) is 0 Å². The van der Waals surface area contributed by atoms with E-state index in [1.807, 2.05) is 5.48 Å². The van der Waals surface area contributed by atoms with Crippen LogP contribution in [0, 0.1) is 5.21 Å². The van der Waals surface area contributed by atoms with Crippen LogP contribution in [-0.4, -0.2) is 26.9 Å². The fourth-order valence-corrected chi connectivity index (χ4v) is 0.929. The zero-order valence-corrected chi connectivity index (χ0v) is 9.04. The third-order valence-corrected chi connectivity index (χ3v) is 1.73. The zero-order valence-electron chi connectivity index (χ0n) is 9.04. The molecule has 0 spiro atoms. The van der Waals surface area contributed by atoms with Gasteiger partial charge in [-0.05, 0) is 0 Å². The van der Waals surface area contributed by atoms with Crippen molar-refractivity contribution in [3.63, 3.8) is 0 Å². The Hall–Kier alpha value is -1.97. The van der Waals surface area contributed by atoms with Crippen LogP contribution in [-0.2, 0) is 21.0 Å². The molecule has 0 bridgehead atoms. The number of hydrogen-bond acceptors (Lipinski definition) is 6. The van der Waals surface area contributed by atoms with Crippen LogP contribution in [0.1, 0.15) is 13.3 Å². The lowest BCUT2D eigenvalue weighted by Crippen LogP contribution is -2.99. The predicted molar refractivity (Wildman–Crippen MR) is 52.5 cm³/mol. The summed E-state index contributed by atoms with van der Waals surface area (Å²) in [7, 11) is 0. The molecular formula is C8H12N4O5. The van der Waals surface area contributed by atoms with Crippen molar-refractivity contribution >= 4 is 17.7 Å². The minimum Gasteiger partial charge on any atom is -0.594 e. The number of rotatable bonds is 4. The fraction of sp³-hybridized carbons (Fsp3) is 0.375. The second-order valence-corrected chi connectivity index (χ2v) is 3.06. The summed E-state index contributed by atoms with van der Waals surface area (Å²) in [5.74, 6) is -1.33. The van der Waals surface area contributed by atoms with Crippen molar-refractivity contribution in [1.29, 1.82) is 0 Å². The quantitative estimate of drug-likeness (QED) is 0.541. The highest BCUT2D eigenvalue weighted by atomic mass is 16.8. The summed E-state index contributed by atoms with van der Waals surface area (Å²) in [6.07, 6.45) is 1.48. The van der Waals surface area contributed by atoms with Crippen LogP contribution in [0.25, 0.3) is 0 Å². The van der Waals surface area contributed by atoms with Crippen LogP contribution < -0.4 is 10.7 Å². The molecule has 0 saturated heterocycles. The number of nitrogens with one attached hydrogen (secondary N) is 2. The molecule has 1 rings (SSSR count). The number of hydrogen-bond donors (Lipinski definition) is 3. The van der Waals surface area contributed by atoms with E-state index in [4.69, 9.17) is 5.21 Å². The first-order valence-electron chi connectivity index (χ1n) is 4.78. The predicted octanol–water partition coefficient (Wildman–Crippen LogP) is -1.73. The maximum absolute atomic E-state index is 11.2. The lowest BCUT2D eigenvalue weighted by atomic mass is 10.5. The largest absolute Gasteiger partial charge is 0.594 e. The molecular weight excluding hydrogens is 232 g/mol. The van der Waals surface area contributed by atoms with Gasteiger partial charge < -0.3 is 10.0 Å². The summed E-state index contributed by atoms with van der Waals surface area (Å²) in [6, 6.07) is 1.26. The van der Waals surface area contributed by atoms with Crippen molar-refractivity contribution in [3.05, 3.63) is 17.5 Å². The Morgan fingerprint density at radius 2 is 2.41 bits per heavy atom. The van der Waals surface area contributed by atoms with Crippen molar-refractivity contribution in [2.75, 3.05) is 0 Å². The van der Waals surface area contributed by atoms with Crippen LogP contribution in [0.15, 0.2) is 12.3 Å². The van der Waals surface area contributed by atoms with Crippen LogP contribution in [0.5, 0.6) is 0 Å². The summed E-state index contributed by atoms with van der Waals surface area (Å²) in [5, 5.41) is 21.5. The van der Waals surface area contributed by atoms with Gasteiger partial charge in [0, 0.05) is 18.7 Å². The van der Waals surface area contributed by atoms with Gasteiger partial charge in [-0.2, -0.15) is 10.7 Å². The summed E-state index contributed by atoms with van der Waals surface area (Å²) in [4.78, 5) is 26.3. The Labute approximate surface area is 96.1 Å². The molecule has 0 aliphatic carbocycles. The van der Waals surface area contributed by atoms with Gasteiger partial charge >= 0.3 is 5.97 Å². The van der Waals surface area contributed by atoms with Crippen LogP contribution >= 0.6 is 0 Å². The number of amides is 1. The lowest BCUT2D eigenvalue weighted by molar-refractivity contribution is -0.993. The first-order valence-corrected chi connectivity index (χ1v) is 4.78. The molecule has 17 heavy (non-hydrogen) atoms. The number of quaternary nitrogens is 1. The summed E-state index contributed by atoms with van der Waals surface area (Å²) in [6.45, 7) is 1.35. The molecule has 0 aliphatic rings. The molecule has 0 aliphatic heterocycles. The Morgan fingerprint density at radius 1 is 1.71 bits per heavy atom. The maximum Gasteiger partial charge on any atom is 0.331 e. The van der Waals surface area contributed by atoms with E-state index in [-0.39, 0.29) is 18.8 Å². The highest BCUT2D eigenvalue weighted by Crippen LogP contribution is 1.95. The molecule has 94 valence electrons. The Morgan fingerprint density at radius 3 is 2.94 bits per heavy atom. The van der Waals surface area contributed by atoms with Gasteiger partial charge in [-0.3, -0.25) is 9.48 Å². The number of hydroxylamine groups is 1. The summed E-state index contributed by atoms with van der Waals surface area (Å²) < 4.78 is 1.12. The SMILES string of the molecule is CCC(=O)ONC(=O)Cn1ccc([NH+]([O-])O)n1. The molecule has 9 heteroatoms. The van der Waals surface area contributed by atoms with Gasteiger partial charge in [0.15, 0.2) is 0 Å². The third kappa shape index (κ3) is 4.18. The second-order valence-electron chi connectivity index (χ2n) is 3.06. The van der Waals surface area contributed by atoms with Gasteiger partial charge in [0.1, 0.15) is 6.54 Å². The average molecular weight is 244 g/mol. The highest BCUT2D eigenvalue weighted by molar-refractivity contribution is 5.77. The first-order chi connectivity index (χ1) is 8.02. The standard InChI is InChI=1S/C8H12N4O5/c1-2-8(14)17-10-7(13)5-11-4-3-6(9-11)12(15)16/h3-4,12,15H,2,5H2,1H3,(H,10,13). The molecule has 0 radical (unpaired) electrons. The molecule has 1 unspecified atom stereocenters. The zero-order chi connectivity index (χ0) is 12.8. The van der Waals surface area contributed by atoms with Gasteiger partial charge in [-0.25, -0.2) is 10.0 Å². The molecule has 3 N–H and O–H groups in total. The monoisotopic (exact) mass is 244 g/mol. The van der Waals surface area contributed by atoms with Crippen molar-refractivity contribution in [2.45, 2.75) is 19.9 Å². The minimum atomic E-state index is -1.18. The normalized spacial score (nSPS) is 11.9. The molecule has 0 saturated carbocycles. The van der Waals surface area contributed by atoms with Crippen LogP contribution in [0.3, 0.4) is 0 Å². The lowest BCUT2D eigenvalue weighted by Gasteiger charge is -2.07. The molecule has 1 amide bonds. The van der Waals surface area contributed by atoms with Crippen LogP contribution in [0.2, 0.25) is 0 Å². The number of carbonyl (C=O) groups excluding carboxylic acids is 2. The van der Waals surface area contributed by atoms with E-state index in [0.29, 0.717) is 0 Å². The Balaban J connectivity index is 2.42. The smallest absolute Gasteiger partial charge is 0.331 e. The van der Waals surface area contributed by atoms with Gasteiger partial charge in [0.05, 0.1) is 0 Å². The van der Waals surface area contributed by atoms with E-state index in [1.54, 1.807) is 6.92 Å². The van der Waals surface area contributed by atoms with Gasteiger partial charge in [-0.15, -0.1) is 5.10 Å². The van der Waals surface area contributed by atoms with E-state index in [0.717, 1.165) is 4.68 Å². The molecule has 0 aromatic carbocycles. The summed E-state index contributed by atoms with van der Waals surface area (Å²) >= 11 is 0. The van der Waals surface area contributed by atoms with E-state index in [2.05, 4.69) is 9.94 Å². The Kier molecular flexibility index (Phi) is 4.57. The number of aromatic nitrogens is 2. The average Bonchev–Trinajstić information content (AvgIpc) is 2.74. The Bertz CT molecular complexity index is 402. The van der Waals surface area contributed by atoms with Gasteiger partial charge in [0.2, 0.25) is 0 Å². The van der Waals surface area contributed by atoms with Crippen LogP contribution in [0.4, 0.5) is 5.82 Å². The minimum absolute atomic E-state index is 0.144. The first kappa shape index (κ1) is 13.1. The van der Waals surface area contributed by atoms with Gasteiger partial charge in [-0.1, -0.05) is 6.92 Å². The van der Waals surface area contributed by atoms with E-state index in [9.17, 15) is 14.8 Å². The summed E-state index contributed by atoms with van der Waals surface area (Å²) in [5.41, 5.74) is 1.92. The van der Waals surface area contributed by atoms with E-state index in [1.165, 1.54) is 12.3 Å². The highest BCUT2D eigenvalue weighted by Gasteiger charge is 2.09. The van der Waals surface area contributed by atoms with Crippen molar-refractivity contribution in [3.8, 4) is 0 Å². The van der Waals surface area contributed by atoms with Crippen molar-refractivity contribution in [1.82, 2.24) is 15.3 Å². The third-order valence-electron chi connectivity index (χ3n) is 1.73. The number of nitrogens with zero attached hydrogens (tertiary/aromatic N) is 2. The molecule has 1 aromatic rings. The van der Waals surface area contributed by atoms with E-state index < -0.39 is 17.1 Å². The topological polar surface area (TPSA) is 121 Å².